The van der Waals surface area contributed by atoms with Gasteiger partial charge in [-0.2, -0.15) is 0 Å². The molecule has 0 radical (unpaired) electrons. The highest BCUT2D eigenvalue weighted by Gasteiger charge is 2.14. The Morgan fingerprint density at radius 2 is 2.14 bits per heavy atom. The van der Waals surface area contributed by atoms with E-state index < -0.39 is 0 Å². The Morgan fingerprint density at radius 3 is 2.90 bits per heavy atom. The molecular weight excluding hydrogens is 278 g/mol. The summed E-state index contributed by atoms with van der Waals surface area (Å²) in [5.74, 6) is 0. The van der Waals surface area contributed by atoms with Crippen molar-refractivity contribution < 1.29 is 0 Å². The number of nitrogens with zero attached hydrogens (tertiary/aromatic N) is 2. The quantitative estimate of drug-likeness (QED) is 0.776. The minimum atomic E-state index is 0.258. The zero-order valence-corrected chi connectivity index (χ0v) is 13.2. The van der Waals surface area contributed by atoms with Gasteiger partial charge in [0.2, 0.25) is 0 Å². The summed E-state index contributed by atoms with van der Waals surface area (Å²) in [6.07, 6.45) is 2.88. The first-order valence-electron chi connectivity index (χ1n) is 7.25. The first kappa shape index (κ1) is 14.2. The molecule has 3 nitrogen and oxygen atoms in total. The Morgan fingerprint density at radius 1 is 1.29 bits per heavy atom. The van der Waals surface area contributed by atoms with Gasteiger partial charge in [0.15, 0.2) is 0 Å². The van der Waals surface area contributed by atoms with Crippen molar-refractivity contribution in [2.75, 3.05) is 6.54 Å². The largest absolute Gasteiger partial charge is 0.310 e. The standard InChI is InChI=1S/C17H19N3S/c1-3-18-17(9-15-11-21-12(2)20-15)14-8-13-6-4-5-7-16(13)19-10-14/h4-8,10-11,17-18H,3,9H2,1-2H3. The van der Waals surface area contributed by atoms with Crippen molar-refractivity contribution in [3.8, 4) is 0 Å². The molecule has 0 aliphatic carbocycles. The average Bonchev–Trinajstić information content (AvgIpc) is 2.91. The Kier molecular flexibility index (Phi) is 4.27. The van der Waals surface area contributed by atoms with Crippen LogP contribution in [0.4, 0.5) is 0 Å². The molecule has 1 unspecified atom stereocenters. The topological polar surface area (TPSA) is 37.8 Å². The first-order valence-corrected chi connectivity index (χ1v) is 8.13. The predicted molar refractivity (Wildman–Crippen MR) is 88.7 cm³/mol. The third kappa shape index (κ3) is 3.28. The van der Waals surface area contributed by atoms with Gasteiger partial charge in [-0.05, 0) is 31.2 Å². The molecule has 0 aliphatic rings. The summed E-state index contributed by atoms with van der Waals surface area (Å²) in [5.41, 5.74) is 3.42. The van der Waals surface area contributed by atoms with E-state index in [-0.39, 0.29) is 6.04 Å². The molecule has 1 N–H and O–H groups in total. The summed E-state index contributed by atoms with van der Waals surface area (Å²) in [7, 11) is 0. The van der Waals surface area contributed by atoms with Crippen molar-refractivity contribution in [2.24, 2.45) is 0 Å². The van der Waals surface area contributed by atoms with Crippen LogP contribution in [0.15, 0.2) is 41.9 Å². The monoisotopic (exact) mass is 297 g/mol. The maximum Gasteiger partial charge on any atom is 0.0897 e. The van der Waals surface area contributed by atoms with Gasteiger partial charge in [0.25, 0.3) is 0 Å². The number of fused-ring (bicyclic) bond motifs is 1. The van der Waals surface area contributed by atoms with Gasteiger partial charge in [0.1, 0.15) is 0 Å². The fourth-order valence-electron chi connectivity index (χ4n) is 2.54. The van der Waals surface area contributed by atoms with Crippen LogP contribution in [0, 0.1) is 6.92 Å². The van der Waals surface area contributed by atoms with Crippen LogP contribution in [0.25, 0.3) is 10.9 Å². The van der Waals surface area contributed by atoms with Crippen molar-refractivity contribution in [2.45, 2.75) is 26.3 Å². The molecule has 3 aromatic rings. The van der Waals surface area contributed by atoms with Crippen molar-refractivity contribution in [3.05, 3.63) is 58.2 Å². The number of nitrogens with one attached hydrogen (secondary N) is 1. The molecule has 1 atom stereocenters. The molecule has 4 heteroatoms. The van der Waals surface area contributed by atoms with Gasteiger partial charge in [-0.3, -0.25) is 4.98 Å². The lowest BCUT2D eigenvalue weighted by molar-refractivity contribution is 0.544. The molecule has 0 saturated carbocycles. The van der Waals surface area contributed by atoms with Crippen molar-refractivity contribution in [1.29, 1.82) is 0 Å². The Bertz CT molecular complexity index is 735. The molecule has 2 heterocycles. The van der Waals surface area contributed by atoms with Crippen LogP contribution in [-0.2, 0) is 6.42 Å². The number of hydrogen-bond donors (Lipinski definition) is 1. The molecule has 21 heavy (non-hydrogen) atoms. The van der Waals surface area contributed by atoms with E-state index in [9.17, 15) is 0 Å². The summed E-state index contributed by atoms with van der Waals surface area (Å²) >= 11 is 1.71. The molecule has 108 valence electrons. The molecule has 0 bridgehead atoms. The molecule has 0 aliphatic heterocycles. The fourth-order valence-corrected chi connectivity index (χ4v) is 3.17. The molecule has 1 aromatic carbocycles. The Labute approximate surface area is 129 Å². The van der Waals surface area contributed by atoms with Crippen LogP contribution in [0.5, 0.6) is 0 Å². The maximum atomic E-state index is 4.58. The lowest BCUT2D eigenvalue weighted by Gasteiger charge is -2.17. The van der Waals surface area contributed by atoms with Crippen LogP contribution < -0.4 is 5.32 Å². The van der Waals surface area contributed by atoms with E-state index in [2.05, 4.69) is 45.8 Å². The summed E-state index contributed by atoms with van der Waals surface area (Å²) < 4.78 is 0. The maximum absolute atomic E-state index is 4.58. The number of likely N-dealkylation sites (N-methyl/N-ethyl adjacent to an activating group) is 1. The van der Waals surface area contributed by atoms with Gasteiger partial charge >= 0.3 is 0 Å². The molecule has 0 amide bonds. The third-order valence-corrected chi connectivity index (χ3v) is 4.37. The second-order valence-corrected chi connectivity index (χ2v) is 6.20. The van der Waals surface area contributed by atoms with Crippen molar-refractivity contribution in [1.82, 2.24) is 15.3 Å². The normalized spacial score (nSPS) is 12.7. The van der Waals surface area contributed by atoms with Crippen molar-refractivity contribution >= 4 is 22.2 Å². The van der Waals surface area contributed by atoms with Crippen LogP contribution in [0.3, 0.4) is 0 Å². The lowest BCUT2D eigenvalue weighted by atomic mass is 10.0. The molecule has 2 aromatic heterocycles. The molecule has 0 fully saturated rings. The number of pyridine rings is 1. The molecule has 0 saturated heterocycles. The Balaban J connectivity index is 1.90. The van der Waals surface area contributed by atoms with E-state index in [1.807, 2.05) is 25.3 Å². The highest BCUT2D eigenvalue weighted by molar-refractivity contribution is 7.09. The number of thiazole rings is 1. The van der Waals surface area contributed by atoms with Gasteiger partial charge in [0, 0.05) is 29.4 Å². The van der Waals surface area contributed by atoms with E-state index in [1.54, 1.807) is 11.3 Å². The molecule has 3 rings (SSSR count). The summed E-state index contributed by atoms with van der Waals surface area (Å²) in [6.45, 7) is 5.11. The van der Waals surface area contributed by atoms with Crippen molar-refractivity contribution in [3.63, 3.8) is 0 Å². The number of aryl methyl sites for hydroxylation is 1. The van der Waals surface area contributed by atoms with E-state index in [0.717, 1.165) is 29.2 Å². The number of hydrogen-bond acceptors (Lipinski definition) is 4. The van der Waals surface area contributed by atoms with Gasteiger partial charge in [-0.1, -0.05) is 25.1 Å². The van der Waals surface area contributed by atoms with Crippen LogP contribution in [-0.4, -0.2) is 16.5 Å². The number of para-hydroxylation sites is 1. The predicted octanol–water partition coefficient (Wildman–Crippen LogP) is 3.89. The van der Waals surface area contributed by atoms with Gasteiger partial charge in [-0.25, -0.2) is 4.98 Å². The summed E-state index contributed by atoms with van der Waals surface area (Å²) in [6, 6.07) is 10.7. The second kappa shape index (κ2) is 6.33. The van der Waals surface area contributed by atoms with E-state index >= 15 is 0 Å². The average molecular weight is 297 g/mol. The van der Waals surface area contributed by atoms with E-state index in [4.69, 9.17) is 0 Å². The molecule has 0 spiro atoms. The van der Waals surface area contributed by atoms with E-state index in [0.29, 0.717) is 0 Å². The van der Waals surface area contributed by atoms with Gasteiger partial charge in [-0.15, -0.1) is 11.3 Å². The fraction of sp³-hybridized carbons (Fsp3) is 0.294. The highest BCUT2D eigenvalue weighted by atomic mass is 32.1. The van der Waals surface area contributed by atoms with Crippen LogP contribution in [0.1, 0.15) is 29.2 Å². The summed E-state index contributed by atoms with van der Waals surface area (Å²) in [5, 5.41) is 8.00. The van der Waals surface area contributed by atoms with Gasteiger partial charge in [0.05, 0.1) is 16.2 Å². The minimum Gasteiger partial charge on any atom is -0.310 e. The highest BCUT2D eigenvalue weighted by Crippen LogP contribution is 2.22. The summed E-state index contributed by atoms with van der Waals surface area (Å²) in [4.78, 5) is 9.15. The zero-order chi connectivity index (χ0) is 14.7. The van der Waals surface area contributed by atoms with Gasteiger partial charge < -0.3 is 5.32 Å². The third-order valence-electron chi connectivity index (χ3n) is 3.54. The van der Waals surface area contributed by atoms with Crippen LogP contribution in [0.2, 0.25) is 0 Å². The first-order chi connectivity index (χ1) is 10.3. The number of aromatic nitrogens is 2. The number of rotatable bonds is 5. The SMILES string of the molecule is CCNC(Cc1csc(C)n1)c1cnc2ccccc2c1. The number of benzene rings is 1. The second-order valence-electron chi connectivity index (χ2n) is 5.13. The lowest BCUT2D eigenvalue weighted by Crippen LogP contribution is -2.23. The smallest absolute Gasteiger partial charge is 0.0897 e. The van der Waals surface area contributed by atoms with Crippen LogP contribution >= 0.6 is 11.3 Å². The molecular formula is C17H19N3S. The van der Waals surface area contributed by atoms with E-state index in [1.165, 1.54) is 10.9 Å². The Hall–Kier alpha value is -1.78. The zero-order valence-electron chi connectivity index (χ0n) is 12.3. The minimum absolute atomic E-state index is 0.258.